The fourth-order valence-electron chi connectivity index (χ4n) is 1.65. The van der Waals surface area contributed by atoms with Crippen LogP contribution in [0.2, 0.25) is 0 Å². The summed E-state index contributed by atoms with van der Waals surface area (Å²) in [7, 11) is 0. The van der Waals surface area contributed by atoms with E-state index >= 15 is 0 Å². The minimum Gasteiger partial charge on any atom is -0.254 e. The minimum atomic E-state index is 0.833. The van der Waals surface area contributed by atoms with Gasteiger partial charge in [-0.3, -0.25) is 4.98 Å². The first-order valence-corrected chi connectivity index (χ1v) is 5.06. The molecule has 4 nitrogen and oxygen atoms in total. The minimum absolute atomic E-state index is 0.833. The fourth-order valence-corrected chi connectivity index (χ4v) is 1.65. The molecular formula is C12H10N4. The first-order valence-electron chi connectivity index (χ1n) is 5.06. The molecule has 0 radical (unpaired) electrons. The van der Waals surface area contributed by atoms with E-state index in [1.54, 1.807) is 16.9 Å². The molecule has 0 fully saturated rings. The van der Waals surface area contributed by atoms with Gasteiger partial charge in [-0.25, -0.2) is 9.50 Å². The second-order valence-electron chi connectivity index (χ2n) is 3.65. The van der Waals surface area contributed by atoms with Crippen LogP contribution in [0, 0.1) is 6.92 Å². The Morgan fingerprint density at radius 2 is 1.94 bits per heavy atom. The monoisotopic (exact) mass is 210 g/mol. The molecule has 0 unspecified atom stereocenters. The first-order chi connectivity index (χ1) is 7.84. The quantitative estimate of drug-likeness (QED) is 0.617. The van der Waals surface area contributed by atoms with Gasteiger partial charge in [0.15, 0.2) is 5.65 Å². The Morgan fingerprint density at radius 1 is 1.00 bits per heavy atom. The largest absolute Gasteiger partial charge is 0.254 e. The van der Waals surface area contributed by atoms with Crippen LogP contribution >= 0.6 is 0 Å². The summed E-state index contributed by atoms with van der Waals surface area (Å²) < 4.78 is 1.79. The molecule has 3 rings (SSSR count). The summed E-state index contributed by atoms with van der Waals surface area (Å²) in [4.78, 5) is 8.61. The van der Waals surface area contributed by atoms with Crippen molar-refractivity contribution >= 4 is 5.65 Å². The van der Waals surface area contributed by atoms with E-state index in [1.807, 2.05) is 37.4 Å². The molecule has 16 heavy (non-hydrogen) atoms. The van der Waals surface area contributed by atoms with Gasteiger partial charge in [0.25, 0.3) is 0 Å². The molecular weight excluding hydrogens is 200 g/mol. The van der Waals surface area contributed by atoms with Gasteiger partial charge in [0.2, 0.25) is 0 Å². The van der Waals surface area contributed by atoms with E-state index in [1.165, 1.54) is 0 Å². The molecule has 4 heteroatoms. The predicted octanol–water partition coefficient (Wildman–Crippen LogP) is 2.10. The average Bonchev–Trinajstić information content (AvgIpc) is 2.78. The average molecular weight is 210 g/mol. The van der Waals surface area contributed by atoms with Crippen LogP contribution in [-0.4, -0.2) is 19.6 Å². The van der Waals surface area contributed by atoms with Gasteiger partial charge >= 0.3 is 0 Å². The van der Waals surface area contributed by atoms with Crippen molar-refractivity contribution in [2.24, 2.45) is 0 Å². The third-order valence-electron chi connectivity index (χ3n) is 2.46. The highest BCUT2D eigenvalue weighted by Gasteiger charge is 2.05. The summed E-state index contributed by atoms with van der Waals surface area (Å²) in [6.07, 6.45) is 5.36. The molecule has 0 amide bonds. The van der Waals surface area contributed by atoms with Gasteiger partial charge in [0, 0.05) is 18.5 Å². The molecule has 3 heterocycles. The van der Waals surface area contributed by atoms with Gasteiger partial charge in [-0.2, -0.15) is 5.10 Å². The highest BCUT2D eigenvalue weighted by Crippen LogP contribution is 2.16. The van der Waals surface area contributed by atoms with Crippen LogP contribution in [0.4, 0.5) is 0 Å². The number of nitrogens with zero attached hydrogens (tertiary/aromatic N) is 4. The number of aromatic nitrogens is 4. The maximum Gasteiger partial charge on any atom is 0.155 e. The van der Waals surface area contributed by atoms with Crippen LogP contribution < -0.4 is 0 Å². The lowest BCUT2D eigenvalue weighted by Crippen LogP contribution is -1.96. The molecule has 0 aliphatic heterocycles. The zero-order valence-electron chi connectivity index (χ0n) is 8.83. The van der Waals surface area contributed by atoms with Crippen molar-refractivity contribution in [2.75, 3.05) is 0 Å². The van der Waals surface area contributed by atoms with E-state index < -0.39 is 0 Å². The predicted molar refractivity (Wildman–Crippen MR) is 61.0 cm³/mol. The van der Waals surface area contributed by atoms with Crippen molar-refractivity contribution in [2.45, 2.75) is 6.92 Å². The van der Waals surface area contributed by atoms with E-state index in [9.17, 15) is 0 Å². The fraction of sp³-hybridized carbons (Fsp3) is 0.0833. The second kappa shape index (κ2) is 3.41. The maximum absolute atomic E-state index is 4.39. The number of rotatable bonds is 1. The molecule has 0 aliphatic carbocycles. The lowest BCUT2D eigenvalue weighted by Gasteiger charge is -2.03. The van der Waals surface area contributed by atoms with Crippen molar-refractivity contribution < 1.29 is 0 Å². The Bertz CT molecular complexity index is 625. The third kappa shape index (κ3) is 1.35. The summed E-state index contributed by atoms with van der Waals surface area (Å²) in [6.45, 7) is 2.02. The number of pyridine rings is 1. The van der Waals surface area contributed by atoms with Crippen LogP contribution in [0.5, 0.6) is 0 Å². The second-order valence-corrected chi connectivity index (χ2v) is 3.65. The third-order valence-corrected chi connectivity index (χ3v) is 2.46. The molecule has 0 saturated carbocycles. The Labute approximate surface area is 92.6 Å². The zero-order valence-corrected chi connectivity index (χ0v) is 8.83. The van der Waals surface area contributed by atoms with E-state index in [0.717, 1.165) is 22.6 Å². The Hall–Kier alpha value is -2.23. The number of hydrogen-bond donors (Lipinski definition) is 0. The molecule has 0 atom stereocenters. The van der Waals surface area contributed by atoms with Gasteiger partial charge in [0.05, 0.1) is 17.6 Å². The van der Waals surface area contributed by atoms with Crippen molar-refractivity contribution in [3.8, 4) is 11.4 Å². The van der Waals surface area contributed by atoms with Crippen LogP contribution in [0.1, 0.15) is 5.56 Å². The van der Waals surface area contributed by atoms with Crippen LogP contribution in [-0.2, 0) is 0 Å². The summed E-state index contributed by atoms with van der Waals surface area (Å²) >= 11 is 0. The Morgan fingerprint density at radius 3 is 2.75 bits per heavy atom. The zero-order chi connectivity index (χ0) is 11.0. The molecule has 78 valence electrons. The van der Waals surface area contributed by atoms with E-state index in [4.69, 9.17) is 0 Å². The van der Waals surface area contributed by atoms with Gasteiger partial charge in [0.1, 0.15) is 0 Å². The van der Waals surface area contributed by atoms with Gasteiger partial charge < -0.3 is 0 Å². The van der Waals surface area contributed by atoms with Gasteiger partial charge in [-0.1, -0.05) is 6.07 Å². The van der Waals surface area contributed by atoms with Crippen molar-refractivity contribution in [3.63, 3.8) is 0 Å². The van der Waals surface area contributed by atoms with Crippen LogP contribution in [0.15, 0.2) is 42.9 Å². The van der Waals surface area contributed by atoms with Gasteiger partial charge in [-0.05, 0) is 24.6 Å². The van der Waals surface area contributed by atoms with Crippen molar-refractivity contribution in [1.29, 1.82) is 0 Å². The first kappa shape index (κ1) is 9.03. The molecule has 3 aromatic rings. The molecule has 3 aromatic heterocycles. The SMILES string of the molecule is Cc1ccc(-c2ccnc3ccnn23)nc1. The summed E-state index contributed by atoms with van der Waals surface area (Å²) in [5, 5.41) is 4.23. The van der Waals surface area contributed by atoms with Crippen molar-refractivity contribution in [3.05, 3.63) is 48.4 Å². The standard InChI is InChI=1S/C12H10N4/c1-9-2-3-10(14-8-9)11-4-6-13-12-5-7-15-16(11)12/h2-8H,1H3. The molecule has 0 spiro atoms. The summed E-state index contributed by atoms with van der Waals surface area (Å²) in [5.74, 6) is 0. The molecule has 0 aromatic carbocycles. The highest BCUT2D eigenvalue weighted by molar-refractivity contribution is 5.58. The highest BCUT2D eigenvalue weighted by atomic mass is 15.2. The molecule has 0 N–H and O–H groups in total. The number of hydrogen-bond acceptors (Lipinski definition) is 3. The number of aryl methyl sites for hydroxylation is 1. The normalized spacial score (nSPS) is 10.8. The van der Waals surface area contributed by atoms with Gasteiger partial charge in [-0.15, -0.1) is 0 Å². The van der Waals surface area contributed by atoms with E-state index in [-0.39, 0.29) is 0 Å². The van der Waals surface area contributed by atoms with Crippen LogP contribution in [0.25, 0.3) is 17.0 Å². The van der Waals surface area contributed by atoms with E-state index in [0.29, 0.717) is 0 Å². The molecule has 0 saturated heterocycles. The van der Waals surface area contributed by atoms with E-state index in [2.05, 4.69) is 15.1 Å². The molecule has 0 bridgehead atoms. The maximum atomic E-state index is 4.39. The Balaban J connectivity index is 2.25. The summed E-state index contributed by atoms with van der Waals surface area (Å²) in [5.41, 5.74) is 3.84. The summed E-state index contributed by atoms with van der Waals surface area (Å²) in [6, 6.07) is 7.82. The lowest BCUT2D eigenvalue weighted by molar-refractivity contribution is 0.941. The lowest BCUT2D eigenvalue weighted by atomic mass is 10.2. The topological polar surface area (TPSA) is 43.1 Å². The smallest absolute Gasteiger partial charge is 0.155 e. The molecule has 0 aliphatic rings. The van der Waals surface area contributed by atoms with Crippen molar-refractivity contribution in [1.82, 2.24) is 19.6 Å². The number of fused-ring (bicyclic) bond motifs is 1. The Kier molecular flexibility index (Phi) is 1.93. The van der Waals surface area contributed by atoms with Crippen LogP contribution in [0.3, 0.4) is 0 Å².